The number of aromatic nitrogens is 1. The third kappa shape index (κ3) is 4.82. The lowest BCUT2D eigenvalue weighted by molar-refractivity contribution is -0.152. The normalized spacial score (nSPS) is 19.9. The summed E-state index contributed by atoms with van der Waals surface area (Å²) in [6.07, 6.45) is 2.16. The van der Waals surface area contributed by atoms with E-state index in [1.165, 1.54) is 17.2 Å². The minimum atomic E-state index is -1.04. The molecular formula is C25H23ClFN5O5. The minimum absolute atomic E-state index is 0.101. The molecule has 0 unspecified atom stereocenters. The first-order chi connectivity index (χ1) is 17.6. The standard InChI is InChI=1S/C25H23ClFN5O5/c26-16-3-1-2-14(6-16)11-31(27)23(35)21-10-15-9-19(15)32(21)25(37)29-18-12-30(24(28)36)20-7-13(8-22(33)34)4-5-17(18)20/h1-7,12,15,19,21H,8-11H2,(H2,28,36)(H,29,37)(H,33,34)/t15-,19-,21+/m1/s1. The fourth-order valence-electron chi connectivity index (χ4n) is 5.02. The number of aliphatic carboxylic acids is 1. The Balaban J connectivity index is 1.37. The first kappa shape index (κ1) is 24.6. The number of benzene rings is 2. The highest BCUT2D eigenvalue weighted by Gasteiger charge is 2.57. The van der Waals surface area contributed by atoms with E-state index < -0.39 is 30.0 Å². The van der Waals surface area contributed by atoms with Crippen LogP contribution in [0, 0.1) is 5.92 Å². The third-order valence-corrected chi connectivity index (χ3v) is 7.01. The molecule has 12 heteroatoms. The number of hydrogen-bond donors (Lipinski definition) is 3. The maximum Gasteiger partial charge on any atom is 0.323 e. The largest absolute Gasteiger partial charge is 0.481 e. The van der Waals surface area contributed by atoms with Gasteiger partial charge in [-0.15, -0.1) is 0 Å². The second-order valence-corrected chi connectivity index (χ2v) is 9.75. The Bertz CT molecular complexity index is 1440. The van der Waals surface area contributed by atoms with Gasteiger partial charge in [-0.1, -0.05) is 40.3 Å². The summed E-state index contributed by atoms with van der Waals surface area (Å²) in [5.74, 6) is -1.74. The number of piperidine rings is 1. The molecule has 0 radical (unpaired) electrons. The molecule has 2 aromatic carbocycles. The van der Waals surface area contributed by atoms with Gasteiger partial charge < -0.3 is 21.1 Å². The van der Waals surface area contributed by atoms with E-state index in [1.807, 2.05) is 0 Å². The van der Waals surface area contributed by atoms with Crippen LogP contribution in [0.1, 0.15) is 24.0 Å². The number of carboxylic acids is 1. The van der Waals surface area contributed by atoms with Gasteiger partial charge in [0, 0.05) is 22.6 Å². The lowest BCUT2D eigenvalue weighted by atomic mass is 10.1. The second kappa shape index (κ2) is 9.40. The molecule has 2 aliphatic rings. The number of urea groups is 1. The predicted octanol–water partition coefficient (Wildman–Crippen LogP) is 3.76. The molecule has 3 atom stereocenters. The summed E-state index contributed by atoms with van der Waals surface area (Å²) in [6.45, 7) is -0.300. The molecule has 5 rings (SSSR count). The number of nitrogens with one attached hydrogen (secondary N) is 1. The number of primary amides is 1. The summed E-state index contributed by atoms with van der Waals surface area (Å²) in [4.78, 5) is 50.8. The molecule has 0 spiro atoms. The number of carbonyl (C=O) groups is 4. The van der Waals surface area contributed by atoms with Crippen LogP contribution >= 0.6 is 11.6 Å². The molecule has 4 N–H and O–H groups in total. The SMILES string of the molecule is NC(=O)n1cc(NC(=O)N2[C@@H]3C[C@@H]3C[C@H]2C(=O)N(F)Cc2cccc(Cl)c2)c2ccc(CC(=O)O)cc21. The van der Waals surface area contributed by atoms with Crippen molar-refractivity contribution >= 4 is 52.1 Å². The van der Waals surface area contributed by atoms with Gasteiger partial charge in [-0.05, 0) is 48.1 Å². The molecular weight excluding hydrogens is 505 g/mol. The van der Waals surface area contributed by atoms with Crippen LogP contribution in [0.25, 0.3) is 10.9 Å². The van der Waals surface area contributed by atoms with E-state index in [4.69, 9.17) is 22.4 Å². The number of amides is 4. The number of nitrogens with two attached hydrogens (primary N) is 1. The minimum Gasteiger partial charge on any atom is -0.481 e. The molecule has 2 heterocycles. The van der Waals surface area contributed by atoms with Crippen LogP contribution in [0.5, 0.6) is 0 Å². The monoisotopic (exact) mass is 527 g/mol. The summed E-state index contributed by atoms with van der Waals surface area (Å²) < 4.78 is 16.0. The van der Waals surface area contributed by atoms with E-state index in [-0.39, 0.29) is 35.7 Å². The van der Waals surface area contributed by atoms with Gasteiger partial charge in [0.1, 0.15) is 6.04 Å². The van der Waals surface area contributed by atoms with Gasteiger partial charge >= 0.3 is 18.0 Å². The number of carbonyl (C=O) groups excluding carboxylic acids is 3. The summed E-state index contributed by atoms with van der Waals surface area (Å²) in [6, 6.07) is 8.63. The van der Waals surface area contributed by atoms with Gasteiger partial charge in [0.05, 0.1) is 24.2 Å². The first-order valence-corrected chi connectivity index (χ1v) is 12.0. The molecule has 1 aromatic heterocycles. The van der Waals surface area contributed by atoms with Crippen molar-refractivity contribution in [3.63, 3.8) is 0 Å². The van der Waals surface area contributed by atoms with Crippen molar-refractivity contribution in [3.05, 3.63) is 64.8 Å². The highest BCUT2D eigenvalue weighted by molar-refractivity contribution is 6.30. The smallest absolute Gasteiger partial charge is 0.323 e. The van der Waals surface area contributed by atoms with E-state index in [9.17, 15) is 23.7 Å². The summed E-state index contributed by atoms with van der Waals surface area (Å²) >= 11 is 5.95. The second-order valence-electron chi connectivity index (χ2n) is 9.31. The van der Waals surface area contributed by atoms with Crippen molar-refractivity contribution in [3.8, 4) is 0 Å². The Morgan fingerprint density at radius 2 is 1.92 bits per heavy atom. The average Bonchev–Trinajstić information content (AvgIpc) is 3.34. The highest BCUT2D eigenvalue weighted by atomic mass is 35.5. The van der Waals surface area contributed by atoms with Crippen LogP contribution < -0.4 is 11.1 Å². The van der Waals surface area contributed by atoms with Crippen LogP contribution in [0.15, 0.2) is 48.7 Å². The maximum absolute atomic E-state index is 14.9. The van der Waals surface area contributed by atoms with Crippen molar-refractivity contribution < 1.29 is 28.8 Å². The molecule has 2 fully saturated rings. The zero-order valence-corrected chi connectivity index (χ0v) is 20.2. The molecule has 37 heavy (non-hydrogen) atoms. The molecule has 0 bridgehead atoms. The van der Waals surface area contributed by atoms with E-state index in [0.717, 1.165) is 11.0 Å². The van der Waals surface area contributed by atoms with Crippen LogP contribution in [-0.2, 0) is 22.6 Å². The number of rotatable bonds is 6. The quantitative estimate of drug-likeness (QED) is 0.419. The Hall–Kier alpha value is -4.12. The number of likely N-dealkylation sites (tertiary alicyclic amines) is 1. The first-order valence-electron chi connectivity index (χ1n) is 11.6. The number of hydrogen-bond acceptors (Lipinski definition) is 4. The van der Waals surface area contributed by atoms with E-state index in [0.29, 0.717) is 33.5 Å². The molecule has 1 aliphatic carbocycles. The Labute approximate surface area is 215 Å². The van der Waals surface area contributed by atoms with Crippen LogP contribution in [0.2, 0.25) is 5.02 Å². The van der Waals surface area contributed by atoms with E-state index in [2.05, 4.69) is 5.32 Å². The molecule has 4 amide bonds. The molecule has 10 nitrogen and oxygen atoms in total. The molecule has 3 aromatic rings. The average molecular weight is 528 g/mol. The number of halogens is 2. The predicted molar refractivity (Wildman–Crippen MR) is 133 cm³/mol. The van der Waals surface area contributed by atoms with Gasteiger partial charge in [-0.2, -0.15) is 5.12 Å². The van der Waals surface area contributed by atoms with Crippen LogP contribution in [-0.4, -0.2) is 55.7 Å². The van der Waals surface area contributed by atoms with Crippen molar-refractivity contribution in [2.45, 2.75) is 37.9 Å². The van der Waals surface area contributed by atoms with Gasteiger partial charge in [-0.3, -0.25) is 14.2 Å². The van der Waals surface area contributed by atoms with Crippen molar-refractivity contribution in [1.82, 2.24) is 14.6 Å². The lowest BCUT2D eigenvalue weighted by Gasteiger charge is -2.28. The molecule has 1 saturated heterocycles. The van der Waals surface area contributed by atoms with E-state index >= 15 is 0 Å². The summed E-state index contributed by atoms with van der Waals surface area (Å²) in [5, 5.41) is 12.8. The fourth-order valence-corrected chi connectivity index (χ4v) is 5.24. The summed E-state index contributed by atoms with van der Waals surface area (Å²) in [5.41, 5.74) is 7.03. The Kier molecular flexibility index (Phi) is 6.24. The van der Waals surface area contributed by atoms with Crippen molar-refractivity contribution in [1.29, 1.82) is 0 Å². The zero-order chi connectivity index (χ0) is 26.4. The Morgan fingerprint density at radius 1 is 1.14 bits per heavy atom. The van der Waals surface area contributed by atoms with Crippen molar-refractivity contribution in [2.24, 2.45) is 11.7 Å². The highest BCUT2D eigenvalue weighted by Crippen LogP contribution is 2.48. The van der Waals surface area contributed by atoms with E-state index in [1.54, 1.807) is 36.4 Å². The van der Waals surface area contributed by atoms with Gasteiger partial charge in [0.2, 0.25) is 0 Å². The lowest BCUT2D eigenvalue weighted by Crippen LogP contribution is -2.48. The van der Waals surface area contributed by atoms with Crippen LogP contribution in [0.3, 0.4) is 0 Å². The molecule has 1 saturated carbocycles. The van der Waals surface area contributed by atoms with Gasteiger partial charge in [0.25, 0.3) is 5.91 Å². The topological polar surface area (TPSA) is 138 Å². The fraction of sp³-hybridized carbons (Fsp3) is 0.280. The van der Waals surface area contributed by atoms with Gasteiger partial charge in [0.15, 0.2) is 0 Å². The third-order valence-electron chi connectivity index (χ3n) is 6.78. The Morgan fingerprint density at radius 3 is 2.62 bits per heavy atom. The number of nitrogens with zero attached hydrogens (tertiary/aromatic N) is 3. The molecule has 1 aliphatic heterocycles. The number of fused-ring (bicyclic) bond motifs is 2. The van der Waals surface area contributed by atoms with Crippen LogP contribution in [0.4, 0.5) is 19.8 Å². The van der Waals surface area contributed by atoms with Gasteiger partial charge in [-0.25, -0.2) is 9.59 Å². The molecule has 192 valence electrons. The van der Waals surface area contributed by atoms with Crippen molar-refractivity contribution in [2.75, 3.05) is 5.32 Å². The maximum atomic E-state index is 14.9. The summed E-state index contributed by atoms with van der Waals surface area (Å²) in [7, 11) is 0. The number of anilines is 1. The number of carboxylic acid groups (broad SMARTS) is 1. The zero-order valence-electron chi connectivity index (χ0n) is 19.4.